The molecule has 2 unspecified atom stereocenters. The zero-order valence-corrected chi connectivity index (χ0v) is 12.2. The highest BCUT2D eigenvalue weighted by molar-refractivity contribution is 5.84. The summed E-state index contributed by atoms with van der Waals surface area (Å²) in [5.74, 6) is -1.58. The van der Waals surface area contributed by atoms with E-state index in [4.69, 9.17) is 5.11 Å². The zero-order chi connectivity index (χ0) is 15.4. The molecule has 2 fully saturated rings. The Balaban J connectivity index is 1.77. The lowest BCUT2D eigenvalue weighted by Crippen LogP contribution is -2.50. The van der Waals surface area contributed by atoms with Crippen LogP contribution in [0.3, 0.4) is 0 Å². The number of carboxylic acids is 1. The van der Waals surface area contributed by atoms with E-state index in [0.29, 0.717) is 19.6 Å². The highest BCUT2D eigenvalue weighted by Gasteiger charge is 2.37. The number of hydrogen-bond acceptors (Lipinski definition) is 4. The Bertz CT molecular complexity index is 422. The van der Waals surface area contributed by atoms with Gasteiger partial charge in [-0.15, -0.1) is 0 Å². The molecule has 0 aliphatic carbocycles. The van der Waals surface area contributed by atoms with Crippen LogP contribution in [0.5, 0.6) is 0 Å². The third-order valence-electron chi connectivity index (χ3n) is 4.08. The number of piperazine rings is 1. The van der Waals surface area contributed by atoms with Crippen LogP contribution in [0.4, 0.5) is 4.79 Å². The number of urea groups is 1. The maximum atomic E-state index is 12.0. The monoisotopic (exact) mass is 298 g/mol. The van der Waals surface area contributed by atoms with Gasteiger partial charge in [-0.3, -0.25) is 9.59 Å². The van der Waals surface area contributed by atoms with Crippen LogP contribution >= 0.6 is 0 Å². The molecule has 118 valence electrons. The first kappa shape index (κ1) is 15.6. The normalized spacial score (nSPS) is 25.8. The van der Waals surface area contributed by atoms with E-state index in [0.717, 1.165) is 13.1 Å². The molecular formula is C13H22N4O4. The van der Waals surface area contributed by atoms with E-state index >= 15 is 0 Å². The maximum Gasteiger partial charge on any atom is 0.317 e. The van der Waals surface area contributed by atoms with E-state index in [9.17, 15) is 14.4 Å². The lowest BCUT2D eigenvalue weighted by Gasteiger charge is -2.27. The van der Waals surface area contributed by atoms with Crippen molar-refractivity contribution in [3.8, 4) is 0 Å². The van der Waals surface area contributed by atoms with Crippen molar-refractivity contribution < 1.29 is 19.5 Å². The molecule has 21 heavy (non-hydrogen) atoms. The molecule has 2 atom stereocenters. The number of likely N-dealkylation sites (tertiary alicyclic amines) is 1. The molecule has 0 bridgehead atoms. The third-order valence-corrected chi connectivity index (χ3v) is 4.08. The van der Waals surface area contributed by atoms with Gasteiger partial charge < -0.3 is 25.5 Å². The van der Waals surface area contributed by atoms with Crippen molar-refractivity contribution in [3.05, 3.63) is 0 Å². The van der Waals surface area contributed by atoms with Gasteiger partial charge >= 0.3 is 12.0 Å². The molecule has 0 radical (unpaired) electrons. The summed E-state index contributed by atoms with van der Waals surface area (Å²) in [6.45, 7) is 5.22. The summed E-state index contributed by atoms with van der Waals surface area (Å²) in [7, 11) is 0. The molecule has 2 rings (SSSR count). The van der Waals surface area contributed by atoms with Gasteiger partial charge in [0.05, 0.1) is 12.5 Å². The predicted octanol–water partition coefficient (Wildman–Crippen LogP) is -1.22. The first-order chi connectivity index (χ1) is 9.99. The Morgan fingerprint density at radius 1 is 1.19 bits per heavy atom. The number of carbonyl (C=O) groups is 3. The van der Waals surface area contributed by atoms with Gasteiger partial charge in [0.2, 0.25) is 5.91 Å². The van der Waals surface area contributed by atoms with Crippen molar-refractivity contribution in [1.29, 1.82) is 0 Å². The van der Waals surface area contributed by atoms with Crippen LogP contribution in [0.25, 0.3) is 0 Å². The summed E-state index contributed by atoms with van der Waals surface area (Å²) in [6, 6.07) is -0.367. The van der Waals surface area contributed by atoms with Crippen LogP contribution in [0.15, 0.2) is 0 Å². The van der Waals surface area contributed by atoms with Gasteiger partial charge in [0.1, 0.15) is 0 Å². The third kappa shape index (κ3) is 3.84. The van der Waals surface area contributed by atoms with Gasteiger partial charge in [-0.1, -0.05) is 6.92 Å². The molecule has 0 aromatic rings. The minimum atomic E-state index is -0.880. The molecule has 2 saturated heterocycles. The van der Waals surface area contributed by atoms with Crippen molar-refractivity contribution in [2.45, 2.75) is 6.92 Å². The fourth-order valence-electron chi connectivity index (χ4n) is 2.74. The van der Waals surface area contributed by atoms with Crippen molar-refractivity contribution >= 4 is 17.9 Å². The van der Waals surface area contributed by atoms with E-state index in [-0.39, 0.29) is 30.9 Å². The molecule has 3 amide bonds. The van der Waals surface area contributed by atoms with E-state index < -0.39 is 11.9 Å². The van der Waals surface area contributed by atoms with Gasteiger partial charge in [0, 0.05) is 39.3 Å². The van der Waals surface area contributed by atoms with Crippen molar-refractivity contribution in [3.63, 3.8) is 0 Å². The molecule has 2 aliphatic rings. The maximum absolute atomic E-state index is 12.0. The van der Waals surface area contributed by atoms with Gasteiger partial charge in [0.25, 0.3) is 0 Å². The molecule has 8 heteroatoms. The average Bonchev–Trinajstić information content (AvgIpc) is 2.87. The smallest absolute Gasteiger partial charge is 0.317 e. The molecule has 0 saturated carbocycles. The SMILES string of the molecule is CC1CN(C(=O)NCC(=O)N2CCNCC2)CC1C(=O)O. The number of hydrogen-bond donors (Lipinski definition) is 3. The number of amides is 3. The Morgan fingerprint density at radius 2 is 1.86 bits per heavy atom. The predicted molar refractivity (Wildman–Crippen MR) is 74.7 cm³/mol. The quantitative estimate of drug-likeness (QED) is 0.606. The van der Waals surface area contributed by atoms with E-state index in [1.165, 1.54) is 4.90 Å². The lowest BCUT2D eigenvalue weighted by atomic mass is 9.99. The van der Waals surface area contributed by atoms with Crippen LogP contribution in [0.2, 0.25) is 0 Å². The second-order valence-corrected chi connectivity index (χ2v) is 5.62. The molecule has 0 aromatic carbocycles. The first-order valence-corrected chi connectivity index (χ1v) is 7.23. The number of carbonyl (C=O) groups excluding carboxylic acids is 2. The van der Waals surface area contributed by atoms with Gasteiger partial charge in [-0.2, -0.15) is 0 Å². The first-order valence-electron chi connectivity index (χ1n) is 7.23. The van der Waals surface area contributed by atoms with Crippen LogP contribution in [-0.4, -0.2) is 78.6 Å². The van der Waals surface area contributed by atoms with Crippen molar-refractivity contribution in [1.82, 2.24) is 20.4 Å². The highest BCUT2D eigenvalue weighted by atomic mass is 16.4. The van der Waals surface area contributed by atoms with E-state index in [1.54, 1.807) is 4.90 Å². The van der Waals surface area contributed by atoms with Crippen LogP contribution in [0.1, 0.15) is 6.92 Å². The number of nitrogens with zero attached hydrogens (tertiary/aromatic N) is 2. The molecule has 0 aromatic heterocycles. The van der Waals surface area contributed by atoms with Crippen LogP contribution < -0.4 is 10.6 Å². The highest BCUT2D eigenvalue weighted by Crippen LogP contribution is 2.22. The number of carboxylic acid groups (broad SMARTS) is 1. The van der Waals surface area contributed by atoms with Gasteiger partial charge in [0.15, 0.2) is 0 Å². The van der Waals surface area contributed by atoms with Gasteiger partial charge in [-0.05, 0) is 5.92 Å². The van der Waals surface area contributed by atoms with Crippen molar-refractivity contribution in [2.24, 2.45) is 11.8 Å². The lowest BCUT2D eigenvalue weighted by molar-refractivity contribution is -0.142. The molecule has 8 nitrogen and oxygen atoms in total. The molecule has 2 aliphatic heterocycles. The van der Waals surface area contributed by atoms with Crippen molar-refractivity contribution in [2.75, 3.05) is 45.8 Å². The molecule has 2 heterocycles. The number of nitrogens with one attached hydrogen (secondary N) is 2. The zero-order valence-electron chi connectivity index (χ0n) is 12.2. The second kappa shape index (κ2) is 6.75. The summed E-state index contributed by atoms with van der Waals surface area (Å²) >= 11 is 0. The summed E-state index contributed by atoms with van der Waals surface area (Å²) in [4.78, 5) is 38.1. The summed E-state index contributed by atoms with van der Waals surface area (Å²) < 4.78 is 0. The fourth-order valence-corrected chi connectivity index (χ4v) is 2.74. The minimum Gasteiger partial charge on any atom is -0.481 e. The topological polar surface area (TPSA) is 102 Å². The Kier molecular flexibility index (Phi) is 5.00. The summed E-state index contributed by atoms with van der Waals surface area (Å²) in [6.07, 6.45) is 0. The average molecular weight is 298 g/mol. The Morgan fingerprint density at radius 3 is 2.43 bits per heavy atom. The van der Waals surface area contributed by atoms with Crippen LogP contribution in [-0.2, 0) is 9.59 Å². The Hall–Kier alpha value is -1.83. The number of rotatable bonds is 3. The Labute approximate surface area is 123 Å². The molecule has 0 spiro atoms. The molecular weight excluding hydrogens is 276 g/mol. The second-order valence-electron chi connectivity index (χ2n) is 5.62. The summed E-state index contributed by atoms with van der Waals surface area (Å²) in [5.41, 5.74) is 0. The largest absolute Gasteiger partial charge is 0.481 e. The number of aliphatic carboxylic acids is 1. The minimum absolute atomic E-state index is 0.0402. The van der Waals surface area contributed by atoms with Crippen LogP contribution in [0, 0.1) is 11.8 Å². The summed E-state index contributed by atoms with van der Waals surface area (Å²) in [5, 5.41) is 14.8. The van der Waals surface area contributed by atoms with Gasteiger partial charge in [-0.25, -0.2) is 4.79 Å². The van der Waals surface area contributed by atoms with E-state index in [2.05, 4.69) is 10.6 Å². The standard InChI is InChI=1S/C13H22N4O4/c1-9-7-17(8-10(9)12(19)20)13(21)15-6-11(18)16-4-2-14-3-5-16/h9-10,14H,2-8H2,1H3,(H,15,21)(H,19,20). The van der Waals surface area contributed by atoms with E-state index in [1.807, 2.05) is 6.92 Å². The fraction of sp³-hybridized carbons (Fsp3) is 0.769. The molecule has 3 N–H and O–H groups in total.